The van der Waals surface area contributed by atoms with Gasteiger partial charge in [-0.1, -0.05) is 57.8 Å². The lowest BCUT2D eigenvalue weighted by molar-refractivity contribution is -0.145. The van der Waals surface area contributed by atoms with E-state index in [1.807, 2.05) is 19.1 Å². The minimum absolute atomic E-state index is 0.0225. The Labute approximate surface area is 275 Å². The van der Waals surface area contributed by atoms with Crippen molar-refractivity contribution in [2.45, 2.75) is 115 Å². The molecule has 13 heteroatoms. The Morgan fingerprint density at radius 1 is 1.13 bits per heavy atom. The fourth-order valence-electron chi connectivity index (χ4n) is 5.71. The molecule has 0 aromatic heterocycles. The summed E-state index contributed by atoms with van der Waals surface area (Å²) in [6.07, 6.45) is 4.01. The van der Waals surface area contributed by atoms with Gasteiger partial charge in [-0.25, -0.2) is 0 Å². The maximum Gasteiger partial charge on any atom is 0.289 e. The lowest BCUT2D eigenvalue weighted by atomic mass is 9.85. The Morgan fingerprint density at radius 3 is 2.41 bits per heavy atom. The molecule has 1 aliphatic carbocycles. The monoisotopic (exact) mass is 659 g/mol. The number of carbonyl (C=O) groups excluding carboxylic acids is 5. The van der Waals surface area contributed by atoms with Crippen LogP contribution in [0, 0.1) is 5.41 Å². The highest BCUT2D eigenvalue weighted by atomic mass is 35.5. The van der Waals surface area contributed by atoms with Crippen LogP contribution >= 0.6 is 11.6 Å². The molecule has 1 saturated carbocycles. The Bertz CT molecular complexity index is 1400. The summed E-state index contributed by atoms with van der Waals surface area (Å²) in [5, 5.41) is 18.9. The third-order valence-electron chi connectivity index (χ3n) is 8.20. The fourth-order valence-corrected chi connectivity index (χ4v) is 5.90. The van der Waals surface area contributed by atoms with Crippen molar-refractivity contribution in [1.82, 2.24) is 26.3 Å². The molecule has 1 saturated heterocycles. The zero-order valence-corrected chi connectivity index (χ0v) is 28.1. The molecule has 4 rings (SSSR count). The predicted molar refractivity (Wildman–Crippen MR) is 172 cm³/mol. The molecule has 12 nitrogen and oxygen atoms in total. The quantitative estimate of drug-likeness (QED) is 0.213. The van der Waals surface area contributed by atoms with Crippen molar-refractivity contribution in [3.8, 4) is 0 Å². The second kappa shape index (κ2) is 13.7. The number of likely N-dealkylation sites (tertiary alicyclic amines) is 1. The van der Waals surface area contributed by atoms with Crippen molar-refractivity contribution < 1.29 is 33.9 Å². The summed E-state index contributed by atoms with van der Waals surface area (Å²) in [6.45, 7) is 10.2. The number of ketones is 1. The smallest absolute Gasteiger partial charge is 0.289 e. The average molecular weight is 660 g/mol. The van der Waals surface area contributed by atoms with E-state index in [9.17, 15) is 29.1 Å². The molecule has 0 radical (unpaired) electrons. The van der Waals surface area contributed by atoms with Crippen LogP contribution in [-0.2, 0) is 28.8 Å². The largest absolute Gasteiger partial charge is 0.390 e. The number of nitrogens with one attached hydrogen (secondary N) is 4. The SMILES string of the molecule is CCC[C@H](NC(=O)[C@@H]1C[C@]2(C=C(c3cccc(Cl)c3)NO2)CN1C(=O)[C@@H](NC(=O)CC(C)(C)O)C(C)(C)C)C(=O)C(=O)NC1CC1. The van der Waals surface area contributed by atoms with Crippen molar-refractivity contribution in [2.24, 2.45) is 5.41 Å². The number of benzene rings is 1. The molecule has 1 aromatic carbocycles. The van der Waals surface area contributed by atoms with Gasteiger partial charge in [-0.2, -0.15) is 0 Å². The second-order valence-corrected chi connectivity index (χ2v) is 14.8. The fraction of sp³-hybridized carbons (Fsp3) is 0.606. The van der Waals surface area contributed by atoms with Crippen LogP contribution in [-0.4, -0.2) is 81.3 Å². The first kappa shape index (κ1) is 35.4. The third kappa shape index (κ3) is 8.86. The number of aliphatic hydroxyl groups is 1. The number of halogens is 1. The number of hydrogen-bond donors (Lipinski definition) is 5. The molecule has 5 N–H and O–H groups in total. The van der Waals surface area contributed by atoms with E-state index in [1.54, 1.807) is 39.0 Å². The maximum absolute atomic E-state index is 14.3. The van der Waals surface area contributed by atoms with E-state index in [-0.39, 0.29) is 31.8 Å². The van der Waals surface area contributed by atoms with E-state index in [0.29, 0.717) is 17.1 Å². The normalized spacial score (nSPS) is 22.5. The molecule has 1 aromatic rings. The molecule has 2 aliphatic heterocycles. The summed E-state index contributed by atoms with van der Waals surface area (Å²) in [7, 11) is 0. The number of hydrogen-bond acceptors (Lipinski definition) is 8. The minimum Gasteiger partial charge on any atom is -0.390 e. The summed E-state index contributed by atoms with van der Waals surface area (Å²) in [5.74, 6) is -3.13. The van der Waals surface area contributed by atoms with Gasteiger partial charge in [-0.15, -0.1) is 0 Å². The van der Waals surface area contributed by atoms with Gasteiger partial charge in [-0.3, -0.25) is 34.3 Å². The molecule has 2 fully saturated rings. The van der Waals surface area contributed by atoms with Gasteiger partial charge in [0.15, 0.2) is 0 Å². The van der Waals surface area contributed by atoms with E-state index in [0.717, 1.165) is 18.4 Å². The molecular formula is C33H46ClN5O7. The van der Waals surface area contributed by atoms with Crippen LogP contribution in [0.2, 0.25) is 5.02 Å². The van der Waals surface area contributed by atoms with Crippen molar-refractivity contribution in [1.29, 1.82) is 0 Å². The van der Waals surface area contributed by atoms with Crippen molar-refractivity contribution in [3.63, 3.8) is 0 Å². The van der Waals surface area contributed by atoms with Gasteiger partial charge in [0.2, 0.25) is 23.5 Å². The van der Waals surface area contributed by atoms with Gasteiger partial charge >= 0.3 is 0 Å². The minimum atomic E-state index is -1.30. The van der Waals surface area contributed by atoms with Crippen molar-refractivity contribution >= 4 is 46.7 Å². The third-order valence-corrected chi connectivity index (χ3v) is 8.44. The first-order valence-corrected chi connectivity index (χ1v) is 16.2. The zero-order chi connectivity index (χ0) is 34.0. The lowest BCUT2D eigenvalue weighted by Crippen LogP contribution is -2.59. The number of Topliss-reactive ketones (excluding diaryl/α,β-unsaturated/α-hetero) is 1. The molecule has 46 heavy (non-hydrogen) atoms. The van der Waals surface area contributed by atoms with Crippen LogP contribution in [0.4, 0.5) is 0 Å². The summed E-state index contributed by atoms with van der Waals surface area (Å²) >= 11 is 6.21. The van der Waals surface area contributed by atoms with E-state index in [1.165, 1.54) is 18.7 Å². The van der Waals surface area contributed by atoms with E-state index < -0.39 is 64.2 Å². The molecule has 1 spiro atoms. The Morgan fingerprint density at radius 2 is 1.83 bits per heavy atom. The van der Waals surface area contributed by atoms with E-state index >= 15 is 0 Å². The predicted octanol–water partition coefficient (Wildman–Crippen LogP) is 2.38. The molecular weight excluding hydrogens is 614 g/mol. The summed E-state index contributed by atoms with van der Waals surface area (Å²) in [4.78, 5) is 74.4. The van der Waals surface area contributed by atoms with Gasteiger partial charge in [0.05, 0.1) is 30.3 Å². The average Bonchev–Trinajstić information content (AvgIpc) is 3.54. The van der Waals surface area contributed by atoms with Gasteiger partial charge < -0.3 is 26.0 Å². The van der Waals surface area contributed by atoms with Gasteiger partial charge in [-0.05, 0) is 56.7 Å². The first-order valence-electron chi connectivity index (χ1n) is 15.8. The highest BCUT2D eigenvalue weighted by Gasteiger charge is 2.54. The molecule has 252 valence electrons. The van der Waals surface area contributed by atoms with Crippen LogP contribution < -0.4 is 21.4 Å². The Kier molecular flexibility index (Phi) is 10.5. The standard InChI is InChI=1S/C33H46ClN5O7/c1-7-9-22(26(41)29(43)35-21-12-13-21)36-28(42)24-16-33(15-23(38-46-33)19-10-8-11-20(34)14-19)18-39(24)30(44)27(31(2,3)4)37-25(40)17-32(5,6)45/h8,10-11,14-15,21-22,24,27,38,45H,7,9,12-13,16-18H2,1-6H3,(H,35,43)(H,36,42)(H,37,40)/t22-,24-,27+,33+/m0/s1. The number of amides is 4. The summed E-state index contributed by atoms with van der Waals surface area (Å²) < 4.78 is 0. The van der Waals surface area contributed by atoms with Crippen LogP contribution in [0.1, 0.15) is 85.6 Å². The van der Waals surface area contributed by atoms with Gasteiger partial charge in [0.25, 0.3) is 5.91 Å². The van der Waals surface area contributed by atoms with E-state index in [2.05, 4.69) is 21.4 Å². The van der Waals surface area contributed by atoms with Gasteiger partial charge in [0.1, 0.15) is 17.7 Å². The second-order valence-electron chi connectivity index (χ2n) is 14.3. The molecule has 4 amide bonds. The van der Waals surface area contributed by atoms with Crippen LogP contribution in [0.25, 0.3) is 5.70 Å². The van der Waals surface area contributed by atoms with Gasteiger partial charge in [0, 0.05) is 23.0 Å². The van der Waals surface area contributed by atoms with Crippen molar-refractivity contribution in [2.75, 3.05) is 6.54 Å². The lowest BCUT2D eigenvalue weighted by Gasteiger charge is -2.36. The highest BCUT2D eigenvalue weighted by molar-refractivity contribution is 6.38. The number of rotatable bonds is 12. The summed E-state index contributed by atoms with van der Waals surface area (Å²) in [5.41, 5.74) is 1.07. The maximum atomic E-state index is 14.3. The zero-order valence-electron chi connectivity index (χ0n) is 27.4. The van der Waals surface area contributed by atoms with Crippen LogP contribution in [0.5, 0.6) is 0 Å². The Balaban J connectivity index is 1.65. The Hall–Kier alpha value is -3.48. The van der Waals surface area contributed by atoms with Crippen molar-refractivity contribution in [3.05, 3.63) is 40.9 Å². The molecule has 4 atom stereocenters. The number of carbonyl (C=O) groups is 5. The topological polar surface area (TPSA) is 166 Å². The number of hydroxylamine groups is 1. The molecule has 0 unspecified atom stereocenters. The number of nitrogens with zero attached hydrogens (tertiary/aromatic N) is 1. The highest BCUT2D eigenvalue weighted by Crippen LogP contribution is 2.39. The van der Waals surface area contributed by atoms with E-state index in [4.69, 9.17) is 16.4 Å². The molecule has 2 heterocycles. The molecule has 0 bridgehead atoms. The van der Waals surface area contributed by atoms with Crippen LogP contribution in [0.3, 0.4) is 0 Å². The summed E-state index contributed by atoms with van der Waals surface area (Å²) in [6, 6.07) is 3.88. The first-order chi connectivity index (χ1) is 21.4. The molecule has 3 aliphatic rings. The van der Waals surface area contributed by atoms with Crippen LogP contribution in [0.15, 0.2) is 30.3 Å².